The highest BCUT2D eigenvalue weighted by Gasteiger charge is 2.35. The van der Waals surface area contributed by atoms with E-state index in [4.69, 9.17) is 6.42 Å². The molecule has 0 amide bonds. The number of aromatic nitrogens is 2. The Morgan fingerprint density at radius 1 is 1.53 bits per heavy atom. The molecule has 1 aromatic heterocycles. The summed E-state index contributed by atoms with van der Waals surface area (Å²) in [6, 6.07) is -0.320. The Bertz CT molecular complexity index is 366. The van der Waals surface area contributed by atoms with Gasteiger partial charge in [0.05, 0.1) is 6.04 Å². The lowest BCUT2D eigenvalue weighted by molar-refractivity contribution is -0.138. The summed E-state index contributed by atoms with van der Waals surface area (Å²) in [5.74, 6) is 2.39. The Morgan fingerprint density at radius 2 is 2.20 bits per heavy atom. The molecule has 0 spiro atoms. The first kappa shape index (κ1) is 11.8. The van der Waals surface area contributed by atoms with Gasteiger partial charge in [-0.1, -0.05) is 24.2 Å². The van der Waals surface area contributed by atoms with Crippen LogP contribution in [0.2, 0.25) is 0 Å². The summed E-state index contributed by atoms with van der Waals surface area (Å²) in [4.78, 5) is 0. The number of hydrogen-bond acceptors (Lipinski definition) is 4. The third-order valence-electron chi connectivity index (χ3n) is 1.57. The third-order valence-corrected chi connectivity index (χ3v) is 2.47. The van der Waals surface area contributed by atoms with Crippen molar-refractivity contribution in [2.75, 3.05) is 5.32 Å². The monoisotopic (exact) mass is 235 g/mol. The van der Waals surface area contributed by atoms with Gasteiger partial charge >= 0.3 is 6.18 Å². The maximum atomic E-state index is 12.1. The average molecular weight is 235 g/mol. The lowest BCUT2D eigenvalue weighted by Gasteiger charge is -2.07. The molecular weight excluding hydrogens is 227 g/mol. The van der Waals surface area contributed by atoms with Crippen molar-refractivity contribution in [1.82, 2.24) is 10.2 Å². The largest absolute Gasteiger partial charge is 0.445 e. The summed E-state index contributed by atoms with van der Waals surface area (Å²) in [6.07, 6.45) is 1.31. The fraction of sp³-hybridized carbons (Fsp3) is 0.500. The number of rotatable bonds is 3. The zero-order chi connectivity index (χ0) is 11.5. The summed E-state index contributed by atoms with van der Waals surface area (Å²) in [5, 5.41) is 8.18. The molecule has 1 rings (SSSR count). The van der Waals surface area contributed by atoms with Crippen molar-refractivity contribution in [2.45, 2.75) is 25.6 Å². The quantitative estimate of drug-likeness (QED) is 0.817. The average Bonchev–Trinajstić information content (AvgIpc) is 2.61. The van der Waals surface area contributed by atoms with Crippen LogP contribution in [0.25, 0.3) is 0 Å². The summed E-state index contributed by atoms with van der Waals surface area (Å²) in [7, 11) is 0. The first-order valence-electron chi connectivity index (χ1n) is 4.10. The van der Waals surface area contributed by atoms with E-state index < -0.39 is 11.2 Å². The minimum Gasteiger partial charge on any atom is -0.346 e. The van der Waals surface area contributed by atoms with Gasteiger partial charge in [-0.25, -0.2) is 0 Å². The van der Waals surface area contributed by atoms with Gasteiger partial charge < -0.3 is 5.32 Å². The molecule has 1 aromatic rings. The van der Waals surface area contributed by atoms with Gasteiger partial charge in [0.15, 0.2) is 0 Å². The van der Waals surface area contributed by atoms with E-state index in [1.54, 1.807) is 0 Å². The Morgan fingerprint density at radius 3 is 2.60 bits per heavy atom. The normalized spacial score (nSPS) is 13.3. The van der Waals surface area contributed by atoms with E-state index in [-0.39, 0.29) is 11.2 Å². The van der Waals surface area contributed by atoms with Crippen molar-refractivity contribution >= 4 is 16.5 Å². The SMILES string of the molecule is C#CC(CC)Nc1nnc(C(F)(F)F)s1. The molecule has 1 heterocycles. The molecule has 0 aliphatic carbocycles. The number of alkyl halides is 3. The molecule has 0 fully saturated rings. The second-order valence-electron chi connectivity index (χ2n) is 2.68. The van der Waals surface area contributed by atoms with Gasteiger partial charge in [0.1, 0.15) is 0 Å². The topological polar surface area (TPSA) is 37.8 Å². The van der Waals surface area contributed by atoms with E-state index in [1.807, 2.05) is 6.92 Å². The molecule has 0 aliphatic rings. The highest BCUT2D eigenvalue weighted by Crippen LogP contribution is 2.33. The molecular formula is C8H8F3N3S. The van der Waals surface area contributed by atoms with Crippen LogP contribution in [-0.4, -0.2) is 16.2 Å². The Kier molecular flexibility index (Phi) is 3.52. The highest BCUT2D eigenvalue weighted by molar-refractivity contribution is 7.15. The van der Waals surface area contributed by atoms with Crippen molar-refractivity contribution in [1.29, 1.82) is 0 Å². The van der Waals surface area contributed by atoms with Crippen molar-refractivity contribution in [2.24, 2.45) is 0 Å². The third kappa shape index (κ3) is 3.09. The minimum atomic E-state index is -4.45. The van der Waals surface area contributed by atoms with Crippen molar-refractivity contribution in [3.05, 3.63) is 5.01 Å². The molecule has 3 nitrogen and oxygen atoms in total. The van der Waals surface area contributed by atoms with Gasteiger partial charge in [-0.15, -0.1) is 16.6 Å². The first-order chi connectivity index (χ1) is 6.97. The van der Waals surface area contributed by atoms with Gasteiger partial charge in [0, 0.05) is 0 Å². The van der Waals surface area contributed by atoms with E-state index in [1.165, 1.54) is 0 Å². The Labute approximate surface area is 88.7 Å². The van der Waals surface area contributed by atoms with Crippen LogP contribution in [0.15, 0.2) is 0 Å². The van der Waals surface area contributed by atoms with Crippen LogP contribution in [0.5, 0.6) is 0 Å². The van der Waals surface area contributed by atoms with E-state index in [0.717, 1.165) is 0 Å². The van der Waals surface area contributed by atoms with Crippen LogP contribution in [0.4, 0.5) is 18.3 Å². The standard InChI is InChI=1S/C8H8F3N3S/c1-3-5(4-2)12-7-14-13-6(15-7)8(9,10)11/h1,5H,4H2,2H3,(H,12,14). The second-order valence-corrected chi connectivity index (χ2v) is 3.66. The van der Waals surface area contributed by atoms with Crippen molar-refractivity contribution < 1.29 is 13.2 Å². The predicted octanol–water partition coefficient (Wildman–Crippen LogP) is 2.38. The number of nitrogens with one attached hydrogen (secondary N) is 1. The van der Waals surface area contributed by atoms with Gasteiger partial charge in [0.2, 0.25) is 10.1 Å². The summed E-state index contributed by atoms with van der Waals surface area (Å²) in [6.45, 7) is 1.82. The van der Waals surface area contributed by atoms with Crippen LogP contribution < -0.4 is 5.32 Å². The maximum absolute atomic E-state index is 12.1. The molecule has 82 valence electrons. The van der Waals surface area contributed by atoms with Crippen molar-refractivity contribution in [3.8, 4) is 12.3 Å². The van der Waals surface area contributed by atoms with Crippen LogP contribution in [0.3, 0.4) is 0 Å². The molecule has 1 unspecified atom stereocenters. The van der Waals surface area contributed by atoms with Crippen LogP contribution in [-0.2, 0) is 6.18 Å². The predicted molar refractivity (Wildman–Crippen MR) is 51.4 cm³/mol. The number of nitrogens with zero attached hydrogens (tertiary/aromatic N) is 2. The van der Waals surface area contributed by atoms with Crippen LogP contribution in [0.1, 0.15) is 18.4 Å². The maximum Gasteiger partial charge on any atom is 0.445 e. The Balaban J connectivity index is 2.74. The zero-order valence-corrected chi connectivity index (χ0v) is 8.61. The zero-order valence-electron chi connectivity index (χ0n) is 7.80. The summed E-state index contributed by atoms with van der Waals surface area (Å²) >= 11 is 0.445. The van der Waals surface area contributed by atoms with Gasteiger partial charge in [-0.3, -0.25) is 0 Å². The molecule has 0 aromatic carbocycles. The smallest absolute Gasteiger partial charge is 0.346 e. The number of halogens is 3. The van der Waals surface area contributed by atoms with Gasteiger partial charge in [0.25, 0.3) is 0 Å². The fourth-order valence-corrected chi connectivity index (χ4v) is 1.47. The molecule has 1 N–H and O–H groups in total. The second kappa shape index (κ2) is 4.49. The number of terminal acetylenes is 1. The van der Waals surface area contributed by atoms with Crippen molar-refractivity contribution in [3.63, 3.8) is 0 Å². The summed E-state index contributed by atoms with van der Waals surface area (Å²) in [5.41, 5.74) is 0. The fourth-order valence-electron chi connectivity index (χ4n) is 0.807. The number of hydrogen-bond donors (Lipinski definition) is 1. The number of anilines is 1. The molecule has 0 radical (unpaired) electrons. The van der Waals surface area contributed by atoms with Gasteiger partial charge in [-0.2, -0.15) is 13.2 Å². The van der Waals surface area contributed by atoms with Crippen LogP contribution >= 0.6 is 11.3 Å². The molecule has 0 saturated carbocycles. The van der Waals surface area contributed by atoms with E-state index in [2.05, 4.69) is 21.4 Å². The molecule has 0 aliphatic heterocycles. The van der Waals surface area contributed by atoms with E-state index >= 15 is 0 Å². The molecule has 7 heteroatoms. The van der Waals surface area contributed by atoms with E-state index in [9.17, 15) is 13.2 Å². The lowest BCUT2D eigenvalue weighted by atomic mass is 10.2. The van der Waals surface area contributed by atoms with E-state index in [0.29, 0.717) is 17.8 Å². The Hall–Kier alpha value is -1.29. The molecule has 0 bridgehead atoms. The minimum absolute atomic E-state index is 0.0899. The first-order valence-corrected chi connectivity index (χ1v) is 4.92. The summed E-state index contributed by atoms with van der Waals surface area (Å²) < 4.78 is 36.4. The van der Waals surface area contributed by atoms with Crippen LogP contribution in [0, 0.1) is 12.3 Å². The molecule has 15 heavy (non-hydrogen) atoms. The lowest BCUT2D eigenvalue weighted by Crippen LogP contribution is -2.15. The molecule has 1 atom stereocenters. The van der Waals surface area contributed by atoms with Gasteiger partial charge in [-0.05, 0) is 6.42 Å². The highest BCUT2D eigenvalue weighted by atomic mass is 32.1. The molecule has 0 saturated heterocycles.